The Morgan fingerprint density at radius 1 is 1.07 bits per heavy atom. The minimum atomic E-state index is -0.886. The second kappa shape index (κ2) is 13.5. The quantitative estimate of drug-likeness (QED) is 0.451. The van der Waals surface area contributed by atoms with E-state index in [1.807, 2.05) is 45.9 Å². The van der Waals surface area contributed by atoms with E-state index in [4.69, 9.17) is 24.2 Å². The molecule has 2 aliphatic heterocycles. The van der Waals surface area contributed by atoms with Gasteiger partial charge in [0.15, 0.2) is 5.78 Å². The summed E-state index contributed by atoms with van der Waals surface area (Å²) < 4.78 is 18.1. The molecule has 2 amide bonds. The van der Waals surface area contributed by atoms with Crippen LogP contribution in [0.15, 0.2) is 18.2 Å². The molecule has 2 fully saturated rings. The summed E-state index contributed by atoms with van der Waals surface area (Å²) in [6.45, 7) is 11.7. The first-order chi connectivity index (χ1) is 21.4. The molecule has 7 atom stereocenters. The van der Waals surface area contributed by atoms with E-state index in [-0.39, 0.29) is 36.2 Å². The summed E-state index contributed by atoms with van der Waals surface area (Å²) in [5.74, 6) is 1.20. The maximum Gasteiger partial charge on any atom is 0.408 e. The number of nitrogens with zero attached hydrogens (tertiary/aromatic N) is 3. The molecule has 1 aromatic carbocycles. The molecule has 2 aromatic rings. The summed E-state index contributed by atoms with van der Waals surface area (Å²) in [6, 6.07) is 4.06. The third-order valence-corrected chi connectivity index (χ3v) is 9.92. The van der Waals surface area contributed by atoms with Crippen LogP contribution in [0.2, 0.25) is 0 Å². The molecule has 5 rings (SSSR count). The van der Waals surface area contributed by atoms with Gasteiger partial charge in [0.25, 0.3) is 0 Å². The standard InChI is InChI=1S/C35H50N4O6/c1-8-24-29-19-39(30(24)21(3)40)33(41)31(35(4,5)6)38-34(42)45-28-17-20(2)16-22(28)12-10-9-11-13-26-32(44-29)37-27-18-23(43-7)14-15-25(27)36-26/h14-15,18,20,22,24,28-31H,8-13,16-17,19H2,1-7H3,(H,38,42)/t20-,22-,24-,28-,29+,30-,31-/m1/s1. The Hall–Kier alpha value is -3.43. The van der Waals surface area contributed by atoms with Gasteiger partial charge in [0.2, 0.25) is 11.8 Å². The molecule has 3 heterocycles. The molecular weight excluding hydrogens is 572 g/mol. The predicted octanol–water partition coefficient (Wildman–Crippen LogP) is 5.88. The highest BCUT2D eigenvalue weighted by atomic mass is 16.6. The molecule has 10 heteroatoms. The summed E-state index contributed by atoms with van der Waals surface area (Å²) in [7, 11) is 1.62. The smallest absolute Gasteiger partial charge is 0.408 e. The van der Waals surface area contributed by atoms with Crippen LogP contribution >= 0.6 is 0 Å². The lowest BCUT2D eigenvalue weighted by Gasteiger charge is -2.35. The number of fused-ring (bicyclic) bond motifs is 5. The molecule has 45 heavy (non-hydrogen) atoms. The van der Waals surface area contributed by atoms with Gasteiger partial charge in [-0.1, -0.05) is 47.5 Å². The van der Waals surface area contributed by atoms with Crippen molar-refractivity contribution in [3.63, 3.8) is 0 Å². The maximum atomic E-state index is 14.3. The molecule has 0 spiro atoms. The number of aromatic nitrogens is 2. The summed E-state index contributed by atoms with van der Waals surface area (Å²) in [5, 5.41) is 2.92. The zero-order valence-corrected chi connectivity index (χ0v) is 27.9. The molecule has 1 saturated carbocycles. The van der Waals surface area contributed by atoms with Crippen LogP contribution < -0.4 is 14.8 Å². The number of nitrogens with one attached hydrogen (secondary N) is 1. The first kappa shape index (κ1) is 32.9. The van der Waals surface area contributed by atoms with E-state index in [1.165, 1.54) is 6.92 Å². The van der Waals surface area contributed by atoms with Crippen molar-refractivity contribution in [1.29, 1.82) is 0 Å². The molecule has 0 radical (unpaired) electrons. The largest absolute Gasteiger partial charge is 0.497 e. The lowest BCUT2D eigenvalue weighted by molar-refractivity contribution is -0.141. The van der Waals surface area contributed by atoms with Crippen LogP contribution in [0.5, 0.6) is 11.6 Å². The van der Waals surface area contributed by atoms with Crippen LogP contribution in [0.1, 0.15) is 92.2 Å². The lowest BCUT2D eigenvalue weighted by atomic mass is 9.85. The predicted molar refractivity (Wildman–Crippen MR) is 171 cm³/mol. The number of hydrogen-bond acceptors (Lipinski definition) is 8. The van der Waals surface area contributed by atoms with Crippen LogP contribution in [0.4, 0.5) is 4.79 Å². The Bertz CT molecular complexity index is 1410. The molecule has 1 saturated heterocycles. The van der Waals surface area contributed by atoms with Gasteiger partial charge in [-0.25, -0.2) is 14.8 Å². The van der Waals surface area contributed by atoms with Gasteiger partial charge in [0.05, 0.1) is 30.7 Å². The van der Waals surface area contributed by atoms with Crippen molar-refractivity contribution in [2.75, 3.05) is 13.7 Å². The molecule has 246 valence electrons. The summed E-state index contributed by atoms with van der Waals surface area (Å²) in [5.41, 5.74) is 1.58. The van der Waals surface area contributed by atoms with Crippen molar-refractivity contribution in [1.82, 2.24) is 20.2 Å². The van der Waals surface area contributed by atoms with Crippen molar-refractivity contribution in [3.05, 3.63) is 23.9 Å². The Labute approximate surface area is 267 Å². The summed E-state index contributed by atoms with van der Waals surface area (Å²) in [6.07, 6.45) is 5.86. The van der Waals surface area contributed by atoms with Crippen LogP contribution in [-0.4, -0.2) is 70.6 Å². The number of amides is 2. The highest BCUT2D eigenvalue weighted by Gasteiger charge is 2.50. The van der Waals surface area contributed by atoms with Gasteiger partial charge < -0.3 is 24.4 Å². The Balaban J connectivity index is 1.54. The number of hydrogen-bond donors (Lipinski definition) is 1. The van der Waals surface area contributed by atoms with Crippen molar-refractivity contribution in [2.45, 2.75) is 117 Å². The van der Waals surface area contributed by atoms with Gasteiger partial charge in [0.1, 0.15) is 29.7 Å². The highest BCUT2D eigenvalue weighted by Crippen LogP contribution is 2.38. The lowest BCUT2D eigenvalue weighted by Crippen LogP contribution is -2.57. The number of rotatable bonds is 3. The molecule has 1 aliphatic carbocycles. The number of aryl methyl sites for hydroxylation is 1. The summed E-state index contributed by atoms with van der Waals surface area (Å²) in [4.78, 5) is 52.4. The molecular formula is C35H50N4O6. The minimum absolute atomic E-state index is 0.111. The number of ketones is 1. The average Bonchev–Trinajstić information content (AvgIpc) is 3.53. The van der Waals surface area contributed by atoms with Crippen molar-refractivity contribution in [2.24, 2.45) is 23.2 Å². The van der Waals surface area contributed by atoms with Gasteiger partial charge in [-0.3, -0.25) is 9.59 Å². The number of carbonyl (C=O) groups excluding carboxylic acids is 3. The Morgan fingerprint density at radius 3 is 2.53 bits per heavy atom. The van der Waals surface area contributed by atoms with Gasteiger partial charge >= 0.3 is 6.09 Å². The number of methoxy groups -OCH3 is 1. The van der Waals surface area contributed by atoms with Crippen molar-refractivity contribution >= 4 is 28.8 Å². The second-order valence-electron chi connectivity index (χ2n) is 14.4. The molecule has 1 N–H and O–H groups in total. The first-order valence-corrected chi connectivity index (χ1v) is 16.7. The fraction of sp³-hybridized carbons (Fsp3) is 0.686. The monoisotopic (exact) mass is 622 g/mol. The van der Waals surface area contributed by atoms with Gasteiger partial charge in [-0.2, -0.15) is 0 Å². The maximum absolute atomic E-state index is 14.3. The molecule has 0 unspecified atom stereocenters. The average molecular weight is 623 g/mol. The number of alkyl carbamates (subject to hydrolysis) is 1. The van der Waals surface area contributed by atoms with E-state index in [0.29, 0.717) is 35.9 Å². The SMILES string of the molecule is CC[C@@H]1[C@@H]2CN(C(=O)[C@H](C(C)(C)C)NC(=O)O[C@@H]3C[C@H](C)C[C@H]3CCCCCc3nc4ccc(OC)cc4nc3O2)[C@@H]1C(C)=O. The first-order valence-electron chi connectivity index (χ1n) is 16.7. The Kier molecular flexibility index (Phi) is 9.89. The zero-order chi connectivity index (χ0) is 32.5. The van der Waals surface area contributed by atoms with Gasteiger partial charge in [-0.15, -0.1) is 0 Å². The van der Waals surface area contributed by atoms with Crippen molar-refractivity contribution in [3.8, 4) is 11.6 Å². The number of Topliss-reactive ketones (excluding diaryl/α,β-unsaturated/α-hetero) is 1. The van der Waals surface area contributed by atoms with Crippen LogP contribution in [0.25, 0.3) is 11.0 Å². The zero-order valence-electron chi connectivity index (χ0n) is 27.9. The van der Waals surface area contributed by atoms with Gasteiger partial charge in [0, 0.05) is 12.0 Å². The van der Waals surface area contributed by atoms with E-state index in [1.54, 1.807) is 12.0 Å². The summed E-state index contributed by atoms with van der Waals surface area (Å²) >= 11 is 0. The fourth-order valence-corrected chi connectivity index (χ4v) is 7.60. The van der Waals surface area contributed by atoms with E-state index in [0.717, 1.165) is 49.7 Å². The van der Waals surface area contributed by atoms with Crippen LogP contribution in [0, 0.1) is 23.2 Å². The third-order valence-electron chi connectivity index (χ3n) is 9.92. The normalized spacial score (nSPS) is 29.9. The molecule has 3 aliphatic rings. The van der Waals surface area contributed by atoms with E-state index < -0.39 is 29.7 Å². The molecule has 1 aromatic heterocycles. The molecule has 10 nitrogen and oxygen atoms in total. The second-order valence-corrected chi connectivity index (χ2v) is 14.4. The topological polar surface area (TPSA) is 120 Å². The fourth-order valence-electron chi connectivity index (χ4n) is 7.60. The highest BCUT2D eigenvalue weighted by molar-refractivity contribution is 5.92. The van der Waals surface area contributed by atoms with Crippen LogP contribution in [0.3, 0.4) is 0 Å². The van der Waals surface area contributed by atoms with E-state index in [9.17, 15) is 14.4 Å². The number of ether oxygens (including phenoxy) is 3. The minimum Gasteiger partial charge on any atom is -0.497 e. The third kappa shape index (κ3) is 7.20. The van der Waals surface area contributed by atoms with E-state index in [2.05, 4.69) is 12.2 Å². The van der Waals surface area contributed by atoms with Crippen LogP contribution in [-0.2, 0) is 20.7 Å². The number of carbonyl (C=O) groups is 3. The number of benzene rings is 1. The van der Waals surface area contributed by atoms with Gasteiger partial charge in [-0.05, 0) is 74.8 Å². The van der Waals surface area contributed by atoms with E-state index >= 15 is 0 Å². The molecule has 2 bridgehead atoms. The Morgan fingerprint density at radius 2 is 1.84 bits per heavy atom. The van der Waals surface area contributed by atoms with Crippen molar-refractivity contribution < 1.29 is 28.6 Å².